The minimum absolute atomic E-state index is 0.0842. The van der Waals surface area contributed by atoms with Gasteiger partial charge in [-0.1, -0.05) is 27.7 Å². The summed E-state index contributed by atoms with van der Waals surface area (Å²) >= 11 is 0. The molecule has 0 aliphatic rings. The van der Waals surface area contributed by atoms with E-state index in [4.69, 9.17) is 0 Å². The van der Waals surface area contributed by atoms with Crippen LogP contribution < -0.4 is 5.32 Å². The predicted octanol–water partition coefficient (Wildman–Crippen LogP) is 2.93. The molecule has 0 aromatic rings. The minimum atomic E-state index is -4.09. The molecule has 0 saturated carbocycles. The van der Waals surface area contributed by atoms with Gasteiger partial charge in [-0.25, -0.2) is 8.42 Å². The Morgan fingerprint density at radius 3 is 1.81 bits per heavy atom. The van der Waals surface area contributed by atoms with Gasteiger partial charge in [0.2, 0.25) is 5.91 Å². The number of unbranched alkanes of at least 4 members (excludes halogenated alkanes) is 1. The standard InChI is InChI=1S/C15H32N2O4S.C7H14O2/c1-6-15(2,3)14(18)16-10-9-12-17(4,5)11-7-8-13-22(19,20)21;1-5-7(2,3)6(8)9-4/h6-13H2,1-5H3,(H-,16,18,19,20,21);5H2,1-4H3. The van der Waals surface area contributed by atoms with Crippen LogP contribution in [0.3, 0.4) is 0 Å². The lowest BCUT2D eigenvalue weighted by Gasteiger charge is -2.30. The second kappa shape index (κ2) is 14.1. The summed E-state index contributed by atoms with van der Waals surface area (Å²) < 4.78 is 36.9. The van der Waals surface area contributed by atoms with Crippen molar-refractivity contribution < 1.29 is 31.8 Å². The molecular formula is C22H46N2O6S. The second-order valence-corrected chi connectivity index (χ2v) is 11.5. The first-order chi connectivity index (χ1) is 13.9. The Morgan fingerprint density at radius 1 is 0.935 bits per heavy atom. The summed E-state index contributed by atoms with van der Waals surface area (Å²) in [6.45, 7) is 14.0. The van der Waals surface area contributed by atoms with Crippen molar-refractivity contribution in [2.45, 2.75) is 73.6 Å². The molecule has 0 heterocycles. The van der Waals surface area contributed by atoms with Gasteiger partial charge in [0.25, 0.3) is 0 Å². The molecule has 0 aliphatic carbocycles. The maximum Gasteiger partial charge on any atom is 0.311 e. The Hall–Kier alpha value is -1.19. The number of hydrogen-bond acceptors (Lipinski definition) is 6. The zero-order valence-electron chi connectivity index (χ0n) is 21.2. The fourth-order valence-electron chi connectivity index (χ4n) is 2.46. The normalized spacial score (nSPS) is 12.6. The summed E-state index contributed by atoms with van der Waals surface area (Å²) in [6.07, 6.45) is 3.62. The first-order valence-electron chi connectivity index (χ1n) is 11.1. The van der Waals surface area contributed by atoms with E-state index in [0.29, 0.717) is 19.4 Å². The van der Waals surface area contributed by atoms with Gasteiger partial charge in [-0.15, -0.1) is 0 Å². The zero-order valence-corrected chi connectivity index (χ0v) is 22.0. The molecule has 8 nitrogen and oxygen atoms in total. The molecule has 0 fully saturated rings. The molecule has 9 heteroatoms. The topological polar surface area (TPSA) is 113 Å². The van der Waals surface area contributed by atoms with E-state index in [-0.39, 0.29) is 28.5 Å². The van der Waals surface area contributed by atoms with E-state index >= 15 is 0 Å². The van der Waals surface area contributed by atoms with E-state index in [1.54, 1.807) is 0 Å². The van der Waals surface area contributed by atoms with E-state index < -0.39 is 10.1 Å². The highest BCUT2D eigenvalue weighted by atomic mass is 32.2. The van der Waals surface area contributed by atoms with Crippen LogP contribution >= 0.6 is 0 Å². The Kier molecular flexibility index (Phi) is 14.5. The van der Waals surface area contributed by atoms with Gasteiger partial charge in [-0.2, -0.15) is 0 Å². The predicted molar refractivity (Wildman–Crippen MR) is 123 cm³/mol. The average molecular weight is 467 g/mol. The van der Waals surface area contributed by atoms with E-state index in [0.717, 1.165) is 36.8 Å². The molecule has 31 heavy (non-hydrogen) atoms. The number of amides is 1. The summed E-state index contributed by atoms with van der Waals surface area (Å²) in [5, 5.41) is 2.96. The Balaban J connectivity index is 0. The Labute approximate surface area is 190 Å². The van der Waals surface area contributed by atoms with Gasteiger partial charge in [0.15, 0.2) is 0 Å². The lowest BCUT2D eigenvalue weighted by Crippen LogP contribution is -2.43. The summed E-state index contributed by atoms with van der Waals surface area (Å²) in [6, 6.07) is 0. The lowest BCUT2D eigenvalue weighted by molar-refractivity contribution is -0.890. The summed E-state index contributed by atoms with van der Waals surface area (Å²) in [5.74, 6) is -0.333. The number of rotatable bonds is 13. The van der Waals surface area contributed by atoms with E-state index in [9.17, 15) is 22.6 Å². The third kappa shape index (κ3) is 16.1. The number of carbonyl (C=O) groups is 2. The quantitative estimate of drug-likeness (QED) is 0.193. The van der Waals surface area contributed by atoms with Crippen molar-refractivity contribution in [3.63, 3.8) is 0 Å². The van der Waals surface area contributed by atoms with Crippen LogP contribution in [0.4, 0.5) is 0 Å². The maximum atomic E-state index is 11.9. The smallest absolute Gasteiger partial charge is 0.311 e. The fraction of sp³-hybridized carbons (Fsp3) is 0.909. The van der Waals surface area contributed by atoms with Crippen LogP contribution in [0.5, 0.6) is 0 Å². The van der Waals surface area contributed by atoms with Crippen molar-refractivity contribution in [2.75, 3.05) is 46.6 Å². The molecule has 0 bridgehead atoms. The summed E-state index contributed by atoms with van der Waals surface area (Å²) in [4.78, 5) is 22.8. The highest BCUT2D eigenvalue weighted by Crippen LogP contribution is 2.20. The van der Waals surface area contributed by atoms with Crippen molar-refractivity contribution >= 4 is 22.0 Å². The highest BCUT2D eigenvalue weighted by molar-refractivity contribution is 7.85. The van der Waals surface area contributed by atoms with Crippen LogP contribution in [0.2, 0.25) is 0 Å². The number of methoxy groups -OCH3 is 1. The molecule has 0 saturated heterocycles. The first-order valence-corrected chi connectivity index (χ1v) is 12.6. The average Bonchev–Trinajstić information content (AvgIpc) is 2.67. The van der Waals surface area contributed by atoms with Gasteiger partial charge in [-0.05, 0) is 39.5 Å². The van der Waals surface area contributed by atoms with Crippen molar-refractivity contribution in [1.29, 1.82) is 0 Å². The molecule has 0 atom stereocenters. The van der Waals surface area contributed by atoms with Gasteiger partial charge < -0.3 is 19.1 Å². The molecule has 1 amide bonds. The zero-order chi connectivity index (χ0) is 24.9. The molecule has 186 valence electrons. The first kappa shape index (κ1) is 32.0. The number of nitrogens with one attached hydrogen (secondary N) is 1. The minimum Gasteiger partial charge on any atom is -0.748 e. The van der Waals surface area contributed by atoms with Gasteiger partial charge in [0.1, 0.15) is 0 Å². The third-order valence-electron chi connectivity index (χ3n) is 5.75. The fourth-order valence-corrected chi connectivity index (χ4v) is 3.02. The Morgan fingerprint density at radius 2 is 1.42 bits per heavy atom. The van der Waals surface area contributed by atoms with Crippen molar-refractivity contribution in [3.8, 4) is 0 Å². The third-order valence-corrected chi connectivity index (χ3v) is 6.54. The van der Waals surface area contributed by atoms with Crippen molar-refractivity contribution in [2.24, 2.45) is 10.8 Å². The van der Waals surface area contributed by atoms with Crippen LogP contribution in [0.1, 0.15) is 73.6 Å². The number of nitrogens with zero attached hydrogens (tertiary/aromatic N) is 1. The molecular weight excluding hydrogens is 420 g/mol. The Bertz CT molecular complexity index is 642. The molecule has 0 aromatic heterocycles. The van der Waals surface area contributed by atoms with Gasteiger partial charge in [-0.3, -0.25) is 9.59 Å². The second-order valence-electron chi connectivity index (χ2n) is 9.93. The van der Waals surface area contributed by atoms with Crippen LogP contribution in [-0.2, 0) is 24.4 Å². The van der Waals surface area contributed by atoms with Crippen LogP contribution in [-0.4, -0.2) is 75.9 Å². The summed E-state index contributed by atoms with van der Waals surface area (Å²) in [7, 11) is 1.47. The maximum absolute atomic E-state index is 11.9. The SMILES string of the molecule is CCC(C)(C)C(=O)NCCC[N+](C)(C)CCCCS(=O)(=O)[O-].CCC(C)(C)C(=O)OC. The molecule has 0 radical (unpaired) electrons. The lowest BCUT2D eigenvalue weighted by atomic mass is 9.89. The van der Waals surface area contributed by atoms with Crippen molar-refractivity contribution in [1.82, 2.24) is 5.32 Å². The number of ether oxygens (including phenoxy) is 1. The van der Waals surface area contributed by atoms with Gasteiger partial charge in [0.05, 0.1) is 49.8 Å². The number of carbonyl (C=O) groups excluding carboxylic acids is 2. The number of esters is 1. The molecule has 0 unspecified atom stereocenters. The molecule has 0 aliphatic heterocycles. The molecule has 0 spiro atoms. The van der Waals surface area contributed by atoms with Crippen LogP contribution in [0, 0.1) is 10.8 Å². The summed E-state index contributed by atoms with van der Waals surface area (Å²) in [5.41, 5.74) is -0.636. The highest BCUT2D eigenvalue weighted by Gasteiger charge is 2.26. The number of quaternary nitrogens is 1. The van der Waals surface area contributed by atoms with Crippen molar-refractivity contribution in [3.05, 3.63) is 0 Å². The molecule has 0 aromatic carbocycles. The van der Waals surface area contributed by atoms with Crippen LogP contribution in [0.15, 0.2) is 0 Å². The van der Waals surface area contributed by atoms with E-state index in [1.165, 1.54) is 7.11 Å². The van der Waals surface area contributed by atoms with E-state index in [2.05, 4.69) is 24.1 Å². The van der Waals surface area contributed by atoms with Gasteiger partial charge >= 0.3 is 5.97 Å². The monoisotopic (exact) mass is 466 g/mol. The van der Waals surface area contributed by atoms with E-state index in [1.807, 2.05) is 41.5 Å². The largest absolute Gasteiger partial charge is 0.748 e. The molecule has 1 N–H and O–H groups in total. The number of hydrogen-bond donors (Lipinski definition) is 1. The van der Waals surface area contributed by atoms with Crippen LogP contribution in [0.25, 0.3) is 0 Å². The molecule has 0 rings (SSSR count). The van der Waals surface area contributed by atoms with Gasteiger partial charge in [0, 0.05) is 24.1 Å².